The summed E-state index contributed by atoms with van der Waals surface area (Å²) in [5, 5.41) is 3.41. The monoisotopic (exact) mass is 376 g/mol. The molecule has 0 aliphatic heterocycles. The van der Waals surface area contributed by atoms with Crippen LogP contribution in [0.15, 0.2) is 41.5 Å². The zero-order valence-corrected chi connectivity index (χ0v) is 16.2. The smallest absolute Gasteiger partial charge is 0.263 e. The van der Waals surface area contributed by atoms with Crippen molar-refractivity contribution < 1.29 is 4.79 Å². The van der Waals surface area contributed by atoms with Gasteiger partial charge in [0, 0.05) is 11.4 Å². The number of nitrogens with one attached hydrogen (secondary N) is 1. The third-order valence-corrected chi connectivity index (χ3v) is 5.36. The molecule has 0 fully saturated rings. The third kappa shape index (κ3) is 3.42. The summed E-state index contributed by atoms with van der Waals surface area (Å²) in [6.45, 7) is 3.86. The van der Waals surface area contributed by atoms with E-state index in [-0.39, 0.29) is 11.5 Å². The number of rotatable bonds is 4. The Labute approximate surface area is 163 Å². The van der Waals surface area contributed by atoms with E-state index >= 15 is 0 Å². The van der Waals surface area contributed by atoms with Gasteiger partial charge in [-0.05, 0) is 68.4 Å². The average molecular weight is 376 g/mol. The minimum Gasteiger partial charge on any atom is -0.324 e. The summed E-state index contributed by atoms with van der Waals surface area (Å²) in [7, 11) is 0. The Balaban J connectivity index is 1.70. The van der Waals surface area contributed by atoms with Crippen molar-refractivity contribution in [2.45, 2.75) is 52.0 Å². The quantitative estimate of drug-likeness (QED) is 0.755. The Kier molecular flexibility index (Phi) is 4.94. The van der Waals surface area contributed by atoms with Crippen LogP contribution in [-0.4, -0.2) is 20.4 Å². The van der Waals surface area contributed by atoms with Gasteiger partial charge in [0.25, 0.3) is 5.56 Å². The molecular weight excluding hydrogens is 352 g/mol. The van der Waals surface area contributed by atoms with E-state index < -0.39 is 6.04 Å². The molecule has 0 saturated heterocycles. The SMILES string of the molecule is CCC(C(=O)Nc1cccc(C)c1)n1cnc2nc3c(cc2c1=O)CCCC3. The molecule has 0 spiro atoms. The van der Waals surface area contributed by atoms with Gasteiger partial charge < -0.3 is 5.32 Å². The first-order valence-electron chi connectivity index (χ1n) is 9.84. The number of carbonyl (C=O) groups is 1. The van der Waals surface area contributed by atoms with Crippen LogP contribution in [0.1, 0.15) is 49.0 Å². The first-order chi connectivity index (χ1) is 13.6. The van der Waals surface area contributed by atoms with Crippen molar-refractivity contribution in [2.24, 2.45) is 0 Å². The Morgan fingerprint density at radius 2 is 2.07 bits per heavy atom. The third-order valence-electron chi connectivity index (χ3n) is 5.36. The fourth-order valence-electron chi connectivity index (χ4n) is 3.87. The molecule has 6 heteroatoms. The summed E-state index contributed by atoms with van der Waals surface area (Å²) in [6.07, 6.45) is 6.06. The van der Waals surface area contributed by atoms with Gasteiger partial charge in [0.15, 0.2) is 5.65 Å². The van der Waals surface area contributed by atoms with Gasteiger partial charge in [0.1, 0.15) is 12.4 Å². The molecule has 2 heterocycles. The number of fused-ring (bicyclic) bond motifs is 2. The molecule has 2 aromatic heterocycles. The molecule has 1 unspecified atom stereocenters. The highest BCUT2D eigenvalue weighted by Crippen LogP contribution is 2.22. The lowest BCUT2D eigenvalue weighted by atomic mass is 9.95. The summed E-state index contributed by atoms with van der Waals surface area (Å²) in [5.74, 6) is -0.220. The molecule has 0 bridgehead atoms. The van der Waals surface area contributed by atoms with Gasteiger partial charge in [-0.25, -0.2) is 9.97 Å². The summed E-state index contributed by atoms with van der Waals surface area (Å²) in [5.41, 5.74) is 4.22. The standard InChI is InChI=1S/C22H24N4O2/c1-3-19(21(27)24-16-9-6-7-14(2)11-16)26-13-23-20-17(22(26)28)12-15-8-4-5-10-18(15)25-20/h6-7,9,11-13,19H,3-5,8,10H2,1-2H3,(H,24,27). The van der Waals surface area contributed by atoms with Crippen LogP contribution in [0.2, 0.25) is 0 Å². The maximum atomic E-state index is 13.1. The molecule has 28 heavy (non-hydrogen) atoms. The molecule has 1 aliphatic carbocycles. The Hall–Kier alpha value is -3.02. The number of aromatic nitrogens is 3. The number of aryl methyl sites for hydroxylation is 3. The molecule has 144 valence electrons. The first-order valence-corrected chi connectivity index (χ1v) is 9.84. The summed E-state index contributed by atoms with van der Waals surface area (Å²) in [4.78, 5) is 35.0. The van der Waals surface area contributed by atoms with E-state index in [1.54, 1.807) is 0 Å². The van der Waals surface area contributed by atoms with E-state index in [0.29, 0.717) is 17.5 Å². The lowest BCUT2D eigenvalue weighted by Gasteiger charge is -2.19. The second-order valence-corrected chi connectivity index (χ2v) is 7.41. The van der Waals surface area contributed by atoms with Gasteiger partial charge in [-0.1, -0.05) is 19.1 Å². The molecule has 1 aromatic carbocycles. The Bertz CT molecular complexity index is 1100. The molecular formula is C22H24N4O2. The molecule has 6 nitrogen and oxygen atoms in total. The Morgan fingerprint density at radius 1 is 1.25 bits per heavy atom. The highest BCUT2D eigenvalue weighted by atomic mass is 16.2. The van der Waals surface area contributed by atoms with Crippen molar-refractivity contribution in [1.82, 2.24) is 14.5 Å². The number of benzene rings is 1. The van der Waals surface area contributed by atoms with Crippen molar-refractivity contribution in [1.29, 1.82) is 0 Å². The Morgan fingerprint density at radius 3 is 2.86 bits per heavy atom. The normalized spacial score (nSPS) is 14.5. The number of nitrogens with zero attached hydrogens (tertiary/aromatic N) is 3. The lowest BCUT2D eigenvalue weighted by molar-refractivity contribution is -0.119. The van der Waals surface area contributed by atoms with E-state index in [2.05, 4.69) is 15.3 Å². The van der Waals surface area contributed by atoms with E-state index in [0.717, 1.165) is 48.2 Å². The average Bonchev–Trinajstić information content (AvgIpc) is 2.69. The molecule has 4 rings (SSSR count). The molecule has 3 aromatic rings. The van der Waals surface area contributed by atoms with Crippen LogP contribution >= 0.6 is 0 Å². The maximum absolute atomic E-state index is 13.1. The van der Waals surface area contributed by atoms with E-state index in [1.165, 1.54) is 10.9 Å². The lowest BCUT2D eigenvalue weighted by Crippen LogP contribution is -2.33. The largest absolute Gasteiger partial charge is 0.324 e. The summed E-state index contributed by atoms with van der Waals surface area (Å²) >= 11 is 0. The molecule has 1 atom stereocenters. The molecule has 1 N–H and O–H groups in total. The van der Waals surface area contributed by atoms with Crippen LogP contribution in [0.3, 0.4) is 0 Å². The minimum atomic E-state index is -0.624. The molecule has 0 radical (unpaired) electrons. The second kappa shape index (κ2) is 7.54. The fraction of sp³-hybridized carbons (Fsp3) is 0.364. The number of anilines is 1. The predicted molar refractivity (Wildman–Crippen MR) is 110 cm³/mol. The highest BCUT2D eigenvalue weighted by Gasteiger charge is 2.22. The van der Waals surface area contributed by atoms with Crippen molar-refractivity contribution in [3.05, 3.63) is 63.8 Å². The van der Waals surface area contributed by atoms with E-state index in [9.17, 15) is 9.59 Å². The van der Waals surface area contributed by atoms with Gasteiger partial charge in [-0.2, -0.15) is 0 Å². The number of carbonyl (C=O) groups excluding carboxylic acids is 1. The molecule has 1 amide bonds. The van der Waals surface area contributed by atoms with E-state index in [4.69, 9.17) is 0 Å². The predicted octanol–water partition coefficient (Wildman–Crippen LogP) is 3.57. The zero-order chi connectivity index (χ0) is 19.7. The van der Waals surface area contributed by atoms with Gasteiger partial charge >= 0.3 is 0 Å². The topological polar surface area (TPSA) is 76.9 Å². The van der Waals surface area contributed by atoms with Crippen molar-refractivity contribution in [2.75, 3.05) is 5.32 Å². The van der Waals surface area contributed by atoms with Crippen LogP contribution in [-0.2, 0) is 17.6 Å². The maximum Gasteiger partial charge on any atom is 0.263 e. The van der Waals surface area contributed by atoms with Gasteiger partial charge in [0.2, 0.25) is 5.91 Å². The highest BCUT2D eigenvalue weighted by molar-refractivity contribution is 5.94. The second-order valence-electron chi connectivity index (χ2n) is 7.41. The van der Waals surface area contributed by atoms with Gasteiger partial charge in [-0.15, -0.1) is 0 Å². The van der Waals surface area contributed by atoms with Gasteiger partial charge in [0.05, 0.1) is 5.39 Å². The summed E-state index contributed by atoms with van der Waals surface area (Å²) < 4.78 is 1.43. The zero-order valence-electron chi connectivity index (χ0n) is 16.2. The van der Waals surface area contributed by atoms with E-state index in [1.807, 2.05) is 44.2 Å². The van der Waals surface area contributed by atoms with Crippen LogP contribution in [0, 0.1) is 6.92 Å². The number of hydrogen-bond donors (Lipinski definition) is 1. The van der Waals surface area contributed by atoms with Crippen LogP contribution in [0.4, 0.5) is 5.69 Å². The number of amides is 1. The molecule has 0 saturated carbocycles. The van der Waals surface area contributed by atoms with Crippen LogP contribution < -0.4 is 10.9 Å². The number of hydrogen-bond acceptors (Lipinski definition) is 4. The van der Waals surface area contributed by atoms with Crippen molar-refractivity contribution in [3.63, 3.8) is 0 Å². The van der Waals surface area contributed by atoms with Crippen molar-refractivity contribution in [3.8, 4) is 0 Å². The fourth-order valence-corrected chi connectivity index (χ4v) is 3.87. The molecule has 1 aliphatic rings. The van der Waals surface area contributed by atoms with Crippen LogP contribution in [0.5, 0.6) is 0 Å². The van der Waals surface area contributed by atoms with Gasteiger partial charge in [-0.3, -0.25) is 14.2 Å². The summed E-state index contributed by atoms with van der Waals surface area (Å²) in [6, 6.07) is 8.91. The van der Waals surface area contributed by atoms with Crippen LogP contribution in [0.25, 0.3) is 11.0 Å². The first kappa shape index (κ1) is 18.3. The van der Waals surface area contributed by atoms with Crippen molar-refractivity contribution >= 4 is 22.6 Å². The minimum absolute atomic E-state index is 0.211. The number of pyridine rings is 1.